The Morgan fingerprint density at radius 3 is 2.95 bits per heavy atom. The fraction of sp³-hybridized carbons (Fsp3) is 0.214. The molecular formula is C14H14ClN5. The molecule has 0 unspecified atom stereocenters. The maximum absolute atomic E-state index is 6.03. The van der Waals surface area contributed by atoms with Crippen molar-refractivity contribution in [2.45, 2.75) is 20.3 Å². The number of nitrogens with zero attached hydrogens (tertiary/aromatic N) is 4. The fourth-order valence-corrected chi connectivity index (χ4v) is 2.43. The van der Waals surface area contributed by atoms with Gasteiger partial charge in [0.15, 0.2) is 0 Å². The third-order valence-electron chi connectivity index (χ3n) is 3.17. The highest BCUT2D eigenvalue weighted by molar-refractivity contribution is 6.30. The number of hydrogen-bond donors (Lipinski definition) is 1. The first-order chi connectivity index (χ1) is 9.69. The van der Waals surface area contributed by atoms with Crippen molar-refractivity contribution in [1.82, 2.24) is 19.6 Å². The highest BCUT2D eigenvalue weighted by Crippen LogP contribution is 2.25. The minimum Gasteiger partial charge on any atom is -0.340 e. The van der Waals surface area contributed by atoms with Gasteiger partial charge in [0.05, 0.1) is 0 Å². The lowest BCUT2D eigenvalue weighted by atomic mass is 10.1. The molecule has 102 valence electrons. The molecule has 2 aromatic heterocycles. The lowest BCUT2D eigenvalue weighted by Gasteiger charge is -2.14. The second-order valence-electron chi connectivity index (χ2n) is 4.49. The summed E-state index contributed by atoms with van der Waals surface area (Å²) in [6.45, 7) is 4.08. The zero-order chi connectivity index (χ0) is 14.1. The Morgan fingerprint density at radius 2 is 2.20 bits per heavy atom. The van der Waals surface area contributed by atoms with Gasteiger partial charge in [0.25, 0.3) is 5.78 Å². The Hall–Kier alpha value is -2.14. The van der Waals surface area contributed by atoms with Gasteiger partial charge < -0.3 is 5.32 Å². The van der Waals surface area contributed by atoms with Gasteiger partial charge in [-0.1, -0.05) is 24.6 Å². The Kier molecular flexibility index (Phi) is 3.28. The third-order valence-corrected chi connectivity index (χ3v) is 3.41. The molecule has 5 nitrogen and oxygen atoms in total. The number of fused-ring (bicyclic) bond motifs is 1. The van der Waals surface area contributed by atoms with Gasteiger partial charge in [0.1, 0.15) is 12.1 Å². The lowest BCUT2D eigenvalue weighted by molar-refractivity contribution is 0.903. The number of aryl methyl sites for hydroxylation is 1. The highest BCUT2D eigenvalue weighted by atomic mass is 35.5. The standard InChI is InChI=1S/C14H14ClN5/c1-3-12-9(2)18-14-16-8-17-20(14)13(12)19-11-6-4-5-10(15)7-11/h4-8,19H,3H2,1-2H3. The molecule has 2 heterocycles. The van der Waals surface area contributed by atoms with Crippen LogP contribution in [0.25, 0.3) is 5.78 Å². The molecule has 0 radical (unpaired) electrons. The Morgan fingerprint density at radius 1 is 1.35 bits per heavy atom. The fourth-order valence-electron chi connectivity index (χ4n) is 2.24. The van der Waals surface area contributed by atoms with Crippen molar-refractivity contribution < 1.29 is 0 Å². The number of nitrogens with one attached hydrogen (secondary N) is 1. The van der Waals surface area contributed by atoms with Crippen LogP contribution in [-0.4, -0.2) is 19.6 Å². The maximum Gasteiger partial charge on any atom is 0.254 e. The van der Waals surface area contributed by atoms with E-state index in [1.807, 2.05) is 31.2 Å². The second-order valence-corrected chi connectivity index (χ2v) is 4.92. The van der Waals surface area contributed by atoms with Crippen LogP contribution in [0.1, 0.15) is 18.2 Å². The normalized spacial score (nSPS) is 10.9. The maximum atomic E-state index is 6.03. The average Bonchev–Trinajstić information content (AvgIpc) is 2.87. The SMILES string of the molecule is CCc1c(C)nc2ncnn2c1Nc1cccc(Cl)c1. The molecule has 1 aromatic carbocycles. The Bertz CT molecular complexity index is 765. The van der Waals surface area contributed by atoms with E-state index in [1.165, 1.54) is 6.33 Å². The summed E-state index contributed by atoms with van der Waals surface area (Å²) in [7, 11) is 0. The molecule has 0 saturated carbocycles. The van der Waals surface area contributed by atoms with Crippen LogP contribution in [0.5, 0.6) is 0 Å². The number of anilines is 2. The average molecular weight is 288 g/mol. The molecule has 0 fully saturated rings. The van der Waals surface area contributed by atoms with Gasteiger partial charge in [-0.2, -0.15) is 14.6 Å². The smallest absolute Gasteiger partial charge is 0.254 e. The van der Waals surface area contributed by atoms with E-state index in [1.54, 1.807) is 4.52 Å². The van der Waals surface area contributed by atoms with Gasteiger partial charge in [-0.25, -0.2) is 4.98 Å². The van der Waals surface area contributed by atoms with Crippen LogP contribution in [0, 0.1) is 6.92 Å². The van der Waals surface area contributed by atoms with Crippen molar-refractivity contribution >= 4 is 28.9 Å². The number of aromatic nitrogens is 4. The van der Waals surface area contributed by atoms with Crippen LogP contribution < -0.4 is 5.32 Å². The van der Waals surface area contributed by atoms with E-state index in [2.05, 4.69) is 27.3 Å². The van der Waals surface area contributed by atoms with E-state index in [-0.39, 0.29) is 0 Å². The predicted molar refractivity (Wildman–Crippen MR) is 79.6 cm³/mol. The minimum absolute atomic E-state index is 0.587. The van der Waals surface area contributed by atoms with Crippen molar-refractivity contribution in [2.75, 3.05) is 5.32 Å². The third kappa shape index (κ3) is 2.20. The molecule has 20 heavy (non-hydrogen) atoms. The summed E-state index contributed by atoms with van der Waals surface area (Å²) < 4.78 is 1.72. The van der Waals surface area contributed by atoms with Crippen LogP contribution in [0.4, 0.5) is 11.5 Å². The second kappa shape index (κ2) is 5.09. The number of rotatable bonds is 3. The van der Waals surface area contributed by atoms with Crippen LogP contribution in [0.15, 0.2) is 30.6 Å². The van der Waals surface area contributed by atoms with Crippen molar-refractivity contribution in [3.8, 4) is 0 Å². The molecule has 3 aromatic rings. The molecule has 0 bridgehead atoms. The molecule has 0 saturated heterocycles. The number of halogens is 1. The predicted octanol–water partition coefficient (Wildman–Crippen LogP) is 3.39. The zero-order valence-corrected chi connectivity index (χ0v) is 12.0. The Balaban J connectivity index is 2.16. The molecule has 3 rings (SSSR count). The minimum atomic E-state index is 0.587. The number of benzene rings is 1. The molecule has 1 N–H and O–H groups in total. The molecule has 6 heteroatoms. The number of hydrogen-bond acceptors (Lipinski definition) is 4. The van der Waals surface area contributed by atoms with Crippen molar-refractivity contribution in [1.29, 1.82) is 0 Å². The zero-order valence-electron chi connectivity index (χ0n) is 11.3. The van der Waals surface area contributed by atoms with Crippen LogP contribution in [-0.2, 0) is 6.42 Å². The van der Waals surface area contributed by atoms with Crippen LogP contribution >= 0.6 is 11.6 Å². The molecule has 0 amide bonds. The largest absolute Gasteiger partial charge is 0.340 e. The van der Waals surface area contributed by atoms with Gasteiger partial charge in [0, 0.05) is 22.0 Å². The van der Waals surface area contributed by atoms with E-state index in [0.717, 1.165) is 29.2 Å². The van der Waals surface area contributed by atoms with Gasteiger partial charge in [0.2, 0.25) is 0 Å². The summed E-state index contributed by atoms with van der Waals surface area (Å²) in [6, 6.07) is 7.59. The molecular weight excluding hydrogens is 274 g/mol. The first-order valence-corrected chi connectivity index (χ1v) is 6.78. The summed E-state index contributed by atoms with van der Waals surface area (Å²) in [5, 5.41) is 8.29. The van der Waals surface area contributed by atoms with E-state index < -0.39 is 0 Å². The summed E-state index contributed by atoms with van der Waals surface area (Å²) in [6.07, 6.45) is 2.36. The molecule has 0 spiro atoms. The lowest BCUT2D eigenvalue weighted by Crippen LogP contribution is -2.08. The van der Waals surface area contributed by atoms with Crippen LogP contribution in [0.2, 0.25) is 5.02 Å². The summed E-state index contributed by atoms with van der Waals surface area (Å²) in [5.41, 5.74) is 2.98. The van der Waals surface area contributed by atoms with Gasteiger partial charge in [-0.15, -0.1) is 0 Å². The van der Waals surface area contributed by atoms with E-state index in [0.29, 0.717) is 10.8 Å². The van der Waals surface area contributed by atoms with Gasteiger partial charge in [-0.3, -0.25) is 0 Å². The van der Waals surface area contributed by atoms with Crippen LogP contribution in [0.3, 0.4) is 0 Å². The van der Waals surface area contributed by atoms with Crippen molar-refractivity contribution in [2.24, 2.45) is 0 Å². The monoisotopic (exact) mass is 287 g/mol. The van der Waals surface area contributed by atoms with E-state index in [9.17, 15) is 0 Å². The topological polar surface area (TPSA) is 55.1 Å². The molecule has 0 aliphatic carbocycles. The molecule has 0 aliphatic heterocycles. The van der Waals surface area contributed by atoms with E-state index >= 15 is 0 Å². The van der Waals surface area contributed by atoms with Crippen molar-refractivity contribution in [3.63, 3.8) is 0 Å². The summed E-state index contributed by atoms with van der Waals surface area (Å²) >= 11 is 6.03. The quantitative estimate of drug-likeness (QED) is 0.802. The molecule has 0 aliphatic rings. The summed E-state index contributed by atoms with van der Waals surface area (Å²) in [5.74, 6) is 1.47. The Labute approximate surface area is 121 Å². The van der Waals surface area contributed by atoms with Gasteiger partial charge >= 0.3 is 0 Å². The highest BCUT2D eigenvalue weighted by Gasteiger charge is 2.13. The van der Waals surface area contributed by atoms with Crippen molar-refractivity contribution in [3.05, 3.63) is 46.9 Å². The molecule has 0 atom stereocenters. The van der Waals surface area contributed by atoms with Gasteiger partial charge in [-0.05, 0) is 31.5 Å². The van der Waals surface area contributed by atoms with E-state index in [4.69, 9.17) is 11.6 Å². The summed E-state index contributed by atoms with van der Waals surface area (Å²) in [4.78, 5) is 8.60. The first-order valence-electron chi connectivity index (χ1n) is 6.41. The first kappa shape index (κ1) is 12.9.